The molecule has 0 fully saturated rings. The lowest BCUT2D eigenvalue weighted by atomic mass is 10.2. The van der Waals surface area contributed by atoms with Crippen LogP contribution in [0.4, 0.5) is 11.4 Å². The van der Waals surface area contributed by atoms with Gasteiger partial charge >= 0.3 is 0 Å². The Kier molecular flexibility index (Phi) is 9.97. The second-order valence-electron chi connectivity index (χ2n) is 7.73. The zero-order valence-electron chi connectivity index (χ0n) is 18.4. The summed E-state index contributed by atoms with van der Waals surface area (Å²) in [6.45, 7) is 6.81. The van der Waals surface area contributed by atoms with E-state index in [0.29, 0.717) is 41.6 Å². The highest BCUT2D eigenvalue weighted by Crippen LogP contribution is 2.17. The molecule has 2 aromatic carbocycles. The normalized spacial score (nSPS) is 10.5. The Balaban J connectivity index is 1.90. The van der Waals surface area contributed by atoms with Crippen molar-refractivity contribution in [3.8, 4) is 5.75 Å². The number of hydrogen-bond donors (Lipinski definition) is 3. The first-order chi connectivity index (χ1) is 14.9. The molecule has 0 atom stereocenters. The maximum Gasteiger partial charge on any atom is 0.257 e. The van der Waals surface area contributed by atoms with E-state index in [1.54, 1.807) is 24.3 Å². The number of amides is 2. The molecular formula is C24H31N3O3S. The third-order valence-corrected chi connectivity index (χ3v) is 4.52. The van der Waals surface area contributed by atoms with Crippen molar-refractivity contribution in [3.63, 3.8) is 0 Å². The van der Waals surface area contributed by atoms with Crippen LogP contribution >= 0.6 is 12.2 Å². The van der Waals surface area contributed by atoms with Gasteiger partial charge < -0.3 is 15.4 Å². The van der Waals surface area contributed by atoms with Crippen LogP contribution in [0.3, 0.4) is 0 Å². The number of carbonyl (C=O) groups is 2. The summed E-state index contributed by atoms with van der Waals surface area (Å²) in [5, 5.41) is 8.70. The lowest BCUT2D eigenvalue weighted by molar-refractivity contribution is -0.116. The average Bonchev–Trinajstić information content (AvgIpc) is 2.72. The van der Waals surface area contributed by atoms with E-state index >= 15 is 0 Å². The predicted molar refractivity (Wildman–Crippen MR) is 130 cm³/mol. The van der Waals surface area contributed by atoms with Crippen molar-refractivity contribution in [1.29, 1.82) is 0 Å². The monoisotopic (exact) mass is 441 g/mol. The summed E-state index contributed by atoms with van der Waals surface area (Å²) in [6.07, 6.45) is 3.49. The standard InChI is InChI=1S/C24H31N3O3S/c1-4-5-6-13-22(28)25-19-10-8-11-20(15-19)26-24(31)27-23(29)18-9-7-12-21(14-18)30-16-17(2)3/h7-12,14-15,17H,4-6,13,16H2,1-3H3,(H,25,28)(H2,26,27,29,31). The van der Waals surface area contributed by atoms with Crippen LogP contribution in [0.15, 0.2) is 48.5 Å². The molecule has 0 aromatic heterocycles. The van der Waals surface area contributed by atoms with Crippen molar-refractivity contribution in [1.82, 2.24) is 5.32 Å². The Morgan fingerprint density at radius 3 is 2.42 bits per heavy atom. The number of carbonyl (C=O) groups excluding carboxylic acids is 2. The summed E-state index contributed by atoms with van der Waals surface area (Å²) in [6, 6.07) is 14.2. The number of benzene rings is 2. The minimum Gasteiger partial charge on any atom is -0.493 e. The zero-order chi connectivity index (χ0) is 22.6. The van der Waals surface area contributed by atoms with Gasteiger partial charge in [0.25, 0.3) is 5.91 Å². The Morgan fingerprint density at radius 2 is 1.71 bits per heavy atom. The van der Waals surface area contributed by atoms with Crippen LogP contribution in [-0.4, -0.2) is 23.5 Å². The molecule has 0 aliphatic heterocycles. The van der Waals surface area contributed by atoms with E-state index in [9.17, 15) is 9.59 Å². The van der Waals surface area contributed by atoms with Gasteiger partial charge in [-0.05, 0) is 61.0 Å². The molecule has 2 amide bonds. The van der Waals surface area contributed by atoms with Gasteiger partial charge in [-0.15, -0.1) is 0 Å². The summed E-state index contributed by atoms with van der Waals surface area (Å²) in [7, 11) is 0. The fourth-order valence-electron chi connectivity index (χ4n) is 2.76. The van der Waals surface area contributed by atoms with Gasteiger partial charge in [-0.25, -0.2) is 0 Å². The average molecular weight is 442 g/mol. The van der Waals surface area contributed by atoms with Crippen LogP contribution in [-0.2, 0) is 4.79 Å². The molecule has 31 heavy (non-hydrogen) atoms. The molecule has 7 heteroatoms. The number of anilines is 2. The summed E-state index contributed by atoms with van der Waals surface area (Å²) in [4.78, 5) is 24.5. The van der Waals surface area contributed by atoms with E-state index in [1.165, 1.54) is 0 Å². The van der Waals surface area contributed by atoms with Gasteiger partial charge in [0, 0.05) is 23.4 Å². The second-order valence-corrected chi connectivity index (χ2v) is 8.14. The van der Waals surface area contributed by atoms with Gasteiger partial charge in [-0.3, -0.25) is 14.9 Å². The van der Waals surface area contributed by atoms with Gasteiger partial charge in [-0.2, -0.15) is 0 Å². The van der Waals surface area contributed by atoms with Crippen molar-refractivity contribution in [3.05, 3.63) is 54.1 Å². The lowest BCUT2D eigenvalue weighted by Gasteiger charge is -2.12. The maximum atomic E-state index is 12.5. The summed E-state index contributed by atoms with van der Waals surface area (Å²) >= 11 is 5.27. The number of thiocarbonyl (C=S) groups is 1. The van der Waals surface area contributed by atoms with Crippen molar-refractivity contribution in [2.45, 2.75) is 46.5 Å². The largest absolute Gasteiger partial charge is 0.493 e. The van der Waals surface area contributed by atoms with E-state index in [0.717, 1.165) is 19.3 Å². The first-order valence-corrected chi connectivity index (χ1v) is 11.0. The highest BCUT2D eigenvalue weighted by atomic mass is 32.1. The molecule has 6 nitrogen and oxygen atoms in total. The Morgan fingerprint density at radius 1 is 1.00 bits per heavy atom. The Labute approximate surface area is 189 Å². The molecule has 0 aliphatic carbocycles. The SMILES string of the molecule is CCCCCC(=O)Nc1cccc(NC(=S)NC(=O)c2cccc(OCC(C)C)c2)c1. The molecule has 0 radical (unpaired) electrons. The fraction of sp³-hybridized carbons (Fsp3) is 0.375. The van der Waals surface area contributed by atoms with Crippen molar-refractivity contribution in [2.75, 3.05) is 17.2 Å². The molecule has 166 valence electrons. The maximum absolute atomic E-state index is 12.5. The van der Waals surface area contributed by atoms with Crippen molar-refractivity contribution in [2.24, 2.45) is 5.92 Å². The quantitative estimate of drug-likeness (QED) is 0.341. The molecule has 0 spiro atoms. The zero-order valence-corrected chi connectivity index (χ0v) is 19.2. The predicted octanol–water partition coefficient (Wildman–Crippen LogP) is 5.37. The first-order valence-electron chi connectivity index (χ1n) is 10.6. The second kappa shape index (κ2) is 12.7. The van der Waals surface area contributed by atoms with Crippen LogP contribution in [0.2, 0.25) is 0 Å². The number of rotatable bonds is 10. The van der Waals surface area contributed by atoms with Crippen LogP contribution in [0.25, 0.3) is 0 Å². The summed E-state index contributed by atoms with van der Waals surface area (Å²) < 4.78 is 5.67. The van der Waals surface area contributed by atoms with Gasteiger partial charge in [0.1, 0.15) is 5.75 Å². The highest BCUT2D eigenvalue weighted by Gasteiger charge is 2.10. The smallest absolute Gasteiger partial charge is 0.257 e. The van der Waals surface area contributed by atoms with Gasteiger partial charge in [0.15, 0.2) is 5.11 Å². The molecule has 0 bridgehead atoms. The third kappa shape index (κ3) is 9.17. The highest BCUT2D eigenvalue weighted by molar-refractivity contribution is 7.80. The Hall–Kier alpha value is -2.93. The van der Waals surface area contributed by atoms with E-state index in [2.05, 4.69) is 36.7 Å². The minimum absolute atomic E-state index is 0.0129. The van der Waals surface area contributed by atoms with Gasteiger partial charge in [0.05, 0.1) is 6.61 Å². The number of unbranched alkanes of at least 4 members (excludes halogenated alkanes) is 2. The van der Waals surface area contributed by atoms with Crippen molar-refractivity contribution < 1.29 is 14.3 Å². The topological polar surface area (TPSA) is 79.5 Å². The van der Waals surface area contributed by atoms with Crippen LogP contribution < -0.4 is 20.7 Å². The Bertz CT molecular complexity index is 899. The summed E-state index contributed by atoms with van der Waals surface area (Å²) in [5.41, 5.74) is 1.81. The van der Waals surface area contributed by atoms with Crippen molar-refractivity contribution >= 4 is 40.5 Å². The van der Waals surface area contributed by atoms with E-state index in [1.807, 2.05) is 24.3 Å². The van der Waals surface area contributed by atoms with Gasteiger partial charge in [-0.1, -0.05) is 45.7 Å². The molecule has 0 heterocycles. The number of nitrogens with one attached hydrogen (secondary N) is 3. The molecule has 0 unspecified atom stereocenters. The van der Waals surface area contributed by atoms with Crippen LogP contribution in [0.5, 0.6) is 5.75 Å². The van der Waals surface area contributed by atoms with Crippen LogP contribution in [0.1, 0.15) is 56.8 Å². The molecular weight excluding hydrogens is 410 g/mol. The number of ether oxygens (including phenoxy) is 1. The molecule has 0 aliphatic rings. The molecule has 2 aromatic rings. The molecule has 0 saturated heterocycles. The van der Waals surface area contributed by atoms with Crippen LogP contribution in [0, 0.1) is 5.92 Å². The molecule has 0 saturated carbocycles. The van der Waals surface area contributed by atoms with Gasteiger partial charge in [0.2, 0.25) is 5.91 Å². The van der Waals surface area contributed by atoms with E-state index < -0.39 is 0 Å². The fourth-order valence-corrected chi connectivity index (χ4v) is 2.97. The first kappa shape index (κ1) is 24.3. The third-order valence-electron chi connectivity index (χ3n) is 4.32. The molecule has 3 N–H and O–H groups in total. The number of hydrogen-bond acceptors (Lipinski definition) is 4. The minimum atomic E-state index is -0.326. The molecule has 2 rings (SSSR count). The summed E-state index contributed by atoms with van der Waals surface area (Å²) in [5.74, 6) is 0.697. The lowest BCUT2D eigenvalue weighted by Crippen LogP contribution is -2.34. The van der Waals surface area contributed by atoms with E-state index in [4.69, 9.17) is 17.0 Å². The van der Waals surface area contributed by atoms with E-state index in [-0.39, 0.29) is 16.9 Å².